The van der Waals surface area contributed by atoms with E-state index in [-0.39, 0.29) is 29.2 Å². The van der Waals surface area contributed by atoms with Crippen molar-refractivity contribution >= 4 is 11.7 Å². The maximum Gasteiger partial charge on any atom is 0.333 e. The quantitative estimate of drug-likeness (QED) is 0.704. The fourth-order valence-corrected chi connectivity index (χ4v) is 4.02. The molecule has 0 radical (unpaired) electrons. The van der Waals surface area contributed by atoms with Crippen LogP contribution in [-0.4, -0.2) is 53.2 Å². The van der Waals surface area contributed by atoms with Crippen LogP contribution in [0.2, 0.25) is 0 Å². The molecule has 1 aromatic carbocycles. The van der Waals surface area contributed by atoms with Crippen LogP contribution >= 0.6 is 0 Å². The number of methoxy groups -OCH3 is 1. The van der Waals surface area contributed by atoms with Gasteiger partial charge in [0.25, 0.3) is 5.56 Å². The molecule has 1 saturated heterocycles. The first-order valence-corrected chi connectivity index (χ1v) is 10.8. The van der Waals surface area contributed by atoms with Crippen LogP contribution in [0.1, 0.15) is 45.3 Å². The predicted molar refractivity (Wildman–Crippen MR) is 121 cm³/mol. The Morgan fingerprint density at radius 1 is 0.968 bits per heavy atom. The van der Waals surface area contributed by atoms with Crippen LogP contribution in [0.5, 0.6) is 5.75 Å². The standard InChI is InChI=1S/C23H32N4O4/c1-16(2)26-20(15-22(29)27(17(3)4)23(26)30)24-9-11-25(12-10-24)21(28)14-18-7-6-8-19(13-18)31-5/h6-8,13,15-17H,9-12,14H2,1-5H3. The van der Waals surface area contributed by atoms with Gasteiger partial charge < -0.3 is 14.5 Å². The largest absolute Gasteiger partial charge is 0.497 e. The summed E-state index contributed by atoms with van der Waals surface area (Å²) in [5, 5.41) is 0. The maximum absolute atomic E-state index is 13.0. The first-order chi connectivity index (χ1) is 14.7. The minimum atomic E-state index is -0.288. The molecule has 2 aromatic rings. The van der Waals surface area contributed by atoms with Crippen molar-refractivity contribution in [2.75, 3.05) is 38.2 Å². The number of nitrogens with zero attached hydrogens (tertiary/aromatic N) is 4. The Bertz CT molecular complexity index is 1050. The van der Waals surface area contributed by atoms with Crippen LogP contribution in [-0.2, 0) is 11.2 Å². The fraction of sp³-hybridized carbons (Fsp3) is 0.522. The number of hydrogen-bond acceptors (Lipinski definition) is 5. The van der Waals surface area contributed by atoms with Gasteiger partial charge in [0.1, 0.15) is 11.6 Å². The molecule has 0 unspecified atom stereocenters. The van der Waals surface area contributed by atoms with E-state index < -0.39 is 0 Å². The molecule has 8 heteroatoms. The van der Waals surface area contributed by atoms with Crippen molar-refractivity contribution in [3.63, 3.8) is 0 Å². The molecule has 0 aliphatic carbocycles. The second kappa shape index (κ2) is 9.41. The smallest absolute Gasteiger partial charge is 0.333 e. The molecule has 1 aliphatic rings. The van der Waals surface area contributed by atoms with Gasteiger partial charge in [-0.05, 0) is 45.4 Å². The highest BCUT2D eigenvalue weighted by Gasteiger charge is 2.25. The van der Waals surface area contributed by atoms with Gasteiger partial charge in [-0.2, -0.15) is 0 Å². The van der Waals surface area contributed by atoms with Gasteiger partial charge in [0.05, 0.1) is 13.5 Å². The fourth-order valence-electron chi connectivity index (χ4n) is 4.02. The monoisotopic (exact) mass is 428 g/mol. The summed E-state index contributed by atoms with van der Waals surface area (Å²) >= 11 is 0. The molecule has 2 heterocycles. The van der Waals surface area contributed by atoms with Crippen LogP contribution in [0.15, 0.2) is 39.9 Å². The lowest BCUT2D eigenvalue weighted by Gasteiger charge is -2.37. The van der Waals surface area contributed by atoms with Gasteiger partial charge in [-0.3, -0.25) is 18.7 Å². The lowest BCUT2D eigenvalue weighted by Crippen LogP contribution is -2.52. The second-order valence-corrected chi connectivity index (χ2v) is 8.45. The molecule has 8 nitrogen and oxygen atoms in total. The molecule has 31 heavy (non-hydrogen) atoms. The Kier molecular flexibility index (Phi) is 6.87. The second-order valence-electron chi connectivity index (χ2n) is 8.45. The molecule has 0 saturated carbocycles. The van der Waals surface area contributed by atoms with E-state index in [1.807, 2.05) is 61.8 Å². The molecule has 3 rings (SSSR count). The molecule has 1 fully saturated rings. The predicted octanol–water partition coefficient (Wildman–Crippen LogP) is 2.07. The molecule has 168 valence electrons. The zero-order valence-electron chi connectivity index (χ0n) is 19.0. The zero-order chi connectivity index (χ0) is 22.7. The number of carbonyl (C=O) groups excluding carboxylic acids is 1. The van der Waals surface area contributed by atoms with E-state index in [4.69, 9.17) is 4.74 Å². The van der Waals surface area contributed by atoms with Gasteiger partial charge in [0.15, 0.2) is 0 Å². The minimum absolute atomic E-state index is 0.0596. The number of carbonyl (C=O) groups is 1. The summed E-state index contributed by atoms with van der Waals surface area (Å²) in [5.74, 6) is 1.42. The lowest BCUT2D eigenvalue weighted by atomic mass is 10.1. The number of aromatic nitrogens is 2. The lowest BCUT2D eigenvalue weighted by molar-refractivity contribution is -0.130. The van der Waals surface area contributed by atoms with E-state index in [0.29, 0.717) is 38.4 Å². The summed E-state index contributed by atoms with van der Waals surface area (Å²) in [6, 6.07) is 8.79. The van der Waals surface area contributed by atoms with Crippen molar-refractivity contribution in [2.24, 2.45) is 0 Å². The highest BCUT2D eigenvalue weighted by atomic mass is 16.5. The van der Waals surface area contributed by atoms with Gasteiger partial charge in [-0.15, -0.1) is 0 Å². The number of rotatable bonds is 6. The van der Waals surface area contributed by atoms with Gasteiger partial charge >= 0.3 is 5.69 Å². The Labute approximate surface area is 182 Å². The van der Waals surface area contributed by atoms with Crippen LogP contribution < -0.4 is 20.9 Å². The highest BCUT2D eigenvalue weighted by Crippen LogP contribution is 2.19. The van der Waals surface area contributed by atoms with Crippen molar-refractivity contribution in [1.82, 2.24) is 14.0 Å². The zero-order valence-corrected chi connectivity index (χ0v) is 19.0. The Hall–Kier alpha value is -3.03. The molecule has 0 N–H and O–H groups in total. The number of ether oxygens (including phenoxy) is 1. The average Bonchev–Trinajstić information content (AvgIpc) is 2.73. The molecule has 0 bridgehead atoms. The molecular weight excluding hydrogens is 396 g/mol. The van der Waals surface area contributed by atoms with Crippen LogP contribution in [0.3, 0.4) is 0 Å². The molecule has 1 aliphatic heterocycles. The highest BCUT2D eigenvalue weighted by molar-refractivity contribution is 5.79. The van der Waals surface area contributed by atoms with Crippen LogP contribution in [0, 0.1) is 0 Å². The molecule has 0 spiro atoms. The van der Waals surface area contributed by atoms with Crippen molar-refractivity contribution in [1.29, 1.82) is 0 Å². The summed E-state index contributed by atoms with van der Waals surface area (Å²) < 4.78 is 8.20. The molecule has 0 atom stereocenters. The van der Waals surface area contributed by atoms with E-state index in [2.05, 4.69) is 0 Å². The first-order valence-electron chi connectivity index (χ1n) is 10.8. The number of anilines is 1. The van der Waals surface area contributed by atoms with E-state index in [1.54, 1.807) is 17.7 Å². The minimum Gasteiger partial charge on any atom is -0.497 e. The Balaban J connectivity index is 1.75. The Morgan fingerprint density at radius 2 is 1.61 bits per heavy atom. The number of benzene rings is 1. The van der Waals surface area contributed by atoms with Gasteiger partial charge in [0, 0.05) is 44.3 Å². The van der Waals surface area contributed by atoms with Crippen molar-refractivity contribution in [3.8, 4) is 5.75 Å². The summed E-state index contributed by atoms with van der Waals surface area (Å²) in [4.78, 5) is 42.2. The molecule has 1 aromatic heterocycles. The van der Waals surface area contributed by atoms with Crippen molar-refractivity contribution < 1.29 is 9.53 Å². The van der Waals surface area contributed by atoms with E-state index in [1.165, 1.54) is 4.57 Å². The first kappa shape index (κ1) is 22.7. The maximum atomic E-state index is 13.0. The summed E-state index contributed by atoms with van der Waals surface area (Å²) in [5.41, 5.74) is 0.338. The van der Waals surface area contributed by atoms with Gasteiger partial charge in [-0.1, -0.05) is 12.1 Å². The Morgan fingerprint density at radius 3 is 2.19 bits per heavy atom. The van der Waals surface area contributed by atoms with E-state index in [0.717, 1.165) is 11.3 Å². The van der Waals surface area contributed by atoms with Gasteiger partial charge in [-0.25, -0.2) is 4.79 Å². The SMILES string of the molecule is COc1cccc(CC(=O)N2CCN(c3cc(=O)n(C(C)C)c(=O)n3C(C)C)CC2)c1. The number of hydrogen-bond donors (Lipinski definition) is 0. The van der Waals surface area contributed by atoms with Crippen molar-refractivity contribution in [2.45, 2.75) is 46.2 Å². The topological polar surface area (TPSA) is 76.8 Å². The normalized spacial score (nSPS) is 14.4. The third-order valence-electron chi connectivity index (χ3n) is 5.63. The summed E-state index contributed by atoms with van der Waals surface area (Å²) in [6.07, 6.45) is 0.318. The third-order valence-corrected chi connectivity index (χ3v) is 5.63. The van der Waals surface area contributed by atoms with Gasteiger partial charge in [0.2, 0.25) is 5.91 Å². The van der Waals surface area contributed by atoms with Crippen LogP contribution in [0.4, 0.5) is 5.82 Å². The van der Waals surface area contributed by atoms with E-state index >= 15 is 0 Å². The van der Waals surface area contributed by atoms with Crippen LogP contribution in [0.25, 0.3) is 0 Å². The van der Waals surface area contributed by atoms with Crippen molar-refractivity contribution in [3.05, 3.63) is 56.7 Å². The number of piperazine rings is 1. The third kappa shape index (κ3) is 4.84. The number of amides is 1. The average molecular weight is 429 g/mol. The summed E-state index contributed by atoms with van der Waals surface area (Å²) in [7, 11) is 1.61. The molecular formula is C23H32N4O4. The molecule has 1 amide bonds. The summed E-state index contributed by atoms with van der Waals surface area (Å²) in [6.45, 7) is 9.77. The van der Waals surface area contributed by atoms with E-state index in [9.17, 15) is 14.4 Å².